The van der Waals surface area contributed by atoms with Crippen LogP contribution in [0.3, 0.4) is 0 Å². The Morgan fingerprint density at radius 2 is 2.00 bits per heavy atom. The Labute approximate surface area is 168 Å². The molecule has 0 unspecified atom stereocenters. The predicted molar refractivity (Wildman–Crippen MR) is 104 cm³/mol. The number of aliphatic hydroxyl groups excluding tert-OH is 1. The molecule has 29 heavy (non-hydrogen) atoms. The van der Waals surface area contributed by atoms with E-state index in [1.165, 1.54) is 19.1 Å². The van der Waals surface area contributed by atoms with Gasteiger partial charge in [0.2, 0.25) is 0 Å². The summed E-state index contributed by atoms with van der Waals surface area (Å²) in [6, 6.07) is 7.13. The summed E-state index contributed by atoms with van der Waals surface area (Å²) in [5, 5.41) is 10.4. The van der Waals surface area contributed by atoms with E-state index in [9.17, 15) is 19.5 Å². The Kier molecular flexibility index (Phi) is 6.49. The van der Waals surface area contributed by atoms with Crippen LogP contribution in [0.2, 0.25) is 0 Å². The fourth-order valence-electron chi connectivity index (χ4n) is 3.39. The summed E-state index contributed by atoms with van der Waals surface area (Å²) >= 11 is 0. The highest BCUT2D eigenvalue weighted by Gasteiger charge is 2.51. The SMILES string of the molecule is COc1ccc(/C=C\C(=O)O[C@@H](C)C(=O)[C@H]2C[C@@H]2[C@H](O)[C@H]2CC=CC(=O)O2)cc1. The average Bonchev–Trinajstić information content (AvgIpc) is 3.52. The maximum Gasteiger partial charge on any atom is 0.331 e. The molecular formula is C22H24O7. The molecule has 1 aromatic carbocycles. The lowest BCUT2D eigenvalue weighted by molar-refractivity contribution is -0.152. The van der Waals surface area contributed by atoms with Gasteiger partial charge in [0, 0.05) is 24.5 Å². The van der Waals surface area contributed by atoms with Crippen LogP contribution < -0.4 is 4.74 Å². The first-order chi connectivity index (χ1) is 13.9. The van der Waals surface area contributed by atoms with Crippen molar-refractivity contribution in [3.63, 3.8) is 0 Å². The molecule has 1 saturated carbocycles. The summed E-state index contributed by atoms with van der Waals surface area (Å²) in [6.45, 7) is 1.52. The Balaban J connectivity index is 1.47. The molecule has 1 aliphatic heterocycles. The molecule has 7 nitrogen and oxygen atoms in total. The van der Waals surface area contributed by atoms with Gasteiger partial charge in [0.25, 0.3) is 0 Å². The summed E-state index contributed by atoms with van der Waals surface area (Å²) in [6.07, 6.45) is 4.27. The molecular weight excluding hydrogens is 376 g/mol. The number of methoxy groups -OCH3 is 1. The van der Waals surface area contributed by atoms with Crippen LogP contribution in [0.15, 0.2) is 42.5 Å². The second-order valence-corrected chi connectivity index (χ2v) is 7.20. The molecule has 0 aromatic heterocycles. The number of Topliss-reactive ketones (excluding diaryl/α,β-unsaturated/α-hetero) is 1. The highest BCUT2D eigenvalue weighted by molar-refractivity contribution is 5.93. The second-order valence-electron chi connectivity index (χ2n) is 7.20. The topological polar surface area (TPSA) is 99.1 Å². The van der Waals surface area contributed by atoms with E-state index < -0.39 is 36.2 Å². The molecule has 5 atom stereocenters. The molecule has 1 aliphatic carbocycles. The van der Waals surface area contributed by atoms with E-state index >= 15 is 0 Å². The first-order valence-electron chi connectivity index (χ1n) is 9.50. The largest absolute Gasteiger partial charge is 0.497 e. The number of hydrogen-bond acceptors (Lipinski definition) is 7. The molecule has 0 bridgehead atoms. The van der Waals surface area contributed by atoms with E-state index in [1.807, 2.05) is 0 Å². The van der Waals surface area contributed by atoms with Crippen molar-refractivity contribution in [2.45, 2.75) is 38.1 Å². The van der Waals surface area contributed by atoms with Gasteiger partial charge in [-0.1, -0.05) is 18.2 Å². The van der Waals surface area contributed by atoms with Crippen molar-refractivity contribution in [3.8, 4) is 5.75 Å². The molecule has 0 saturated heterocycles. The molecule has 3 rings (SSSR count). The molecule has 1 aromatic rings. The van der Waals surface area contributed by atoms with E-state index in [-0.39, 0.29) is 11.7 Å². The molecule has 0 spiro atoms. The third-order valence-corrected chi connectivity index (χ3v) is 5.14. The van der Waals surface area contributed by atoms with Crippen LogP contribution in [-0.2, 0) is 23.9 Å². The van der Waals surface area contributed by atoms with Crippen LogP contribution in [0, 0.1) is 11.8 Å². The highest BCUT2D eigenvalue weighted by atomic mass is 16.6. The minimum Gasteiger partial charge on any atom is -0.497 e. The first-order valence-corrected chi connectivity index (χ1v) is 9.50. The van der Waals surface area contributed by atoms with Gasteiger partial charge in [-0.2, -0.15) is 0 Å². The Hall–Kier alpha value is -2.93. The fourth-order valence-corrected chi connectivity index (χ4v) is 3.39. The van der Waals surface area contributed by atoms with E-state index in [0.29, 0.717) is 18.6 Å². The molecule has 2 aliphatic rings. The highest BCUT2D eigenvalue weighted by Crippen LogP contribution is 2.44. The third-order valence-electron chi connectivity index (χ3n) is 5.14. The number of benzene rings is 1. The number of hydrogen-bond donors (Lipinski definition) is 1. The number of cyclic esters (lactones) is 1. The average molecular weight is 400 g/mol. The van der Waals surface area contributed by atoms with E-state index in [1.54, 1.807) is 43.5 Å². The van der Waals surface area contributed by atoms with Crippen molar-refractivity contribution in [2.24, 2.45) is 11.8 Å². The van der Waals surface area contributed by atoms with Gasteiger partial charge in [0.05, 0.1) is 13.2 Å². The van der Waals surface area contributed by atoms with Gasteiger partial charge in [-0.3, -0.25) is 4.79 Å². The standard InChI is InChI=1S/C22H24O7/c1-13(28-20(24)11-8-14-6-9-15(27-2)10-7-14)21(25)16-12-17(16)22(26)18-4-3-5-19(23)29-18/h3,5-11,13,16-18,22,26H,4,12H2,1-2H3/b11-8-/t13-,16-,17-,18+,22-/m0/s1. The number of aliphatic hydroxyl groups is 1. The lowest BCUT2D eigenvalue weighted by Crippen LogP contribution is -2.35. The van der Waals surface area contributed by atoms with Crippen LogP contribution in [0.1, 0.15) is 25.3 Å². The van der Waals surface area contributed by atoms with Gasteiger partial charge in [-0.15, -0.1) is 0 Å². The first kappa shape index (κ1) is 20.8. The zero-order valence-corrected chi connectivity index (χ0v) is 16.3. The van der Waals surface area contributed by atoms with Gasteiger partial charge < -0.3 is 19.3 Å². The van der Waals surface area contributed by atoms with Crippen molar-refractivity contribution in [2.75, 3.05) is 7.11 Å². The summed E-state index contributed by atoms with van der Waals surface area (Å²) in [5.74, 6) is -1.33. The maximum atomic E-state index is 12.5. The van der Waals surface area contributed by atoms with Gasteiger partial charge >= 0.3 is 11.9 Å². The van der Waals surface area contributed by atoms with Crippen LogP contribution in [0.5, 0.6) is 5.75 Å². The van der Waals surface area contributed by atoms with Crippen molar-refractivity contribution >= 4 is 23.8 Å². The van der Waals surface area contributed by atoms with Crippen LogP contribution in [0.25, 0.3) is 6.08 Å². The van der Waals surface area contributed by atoms with E-state index in [4.69, 9.17) is 14.2 Å². The predicted octanol–water partition coefficient (Wildman–Crippen LogP) is 2.08. The Morgan fingerprint density at radius 3 is 2.66 bits per heavy atom. The molecule has 154 valence electrons. The van der Waals surface area contributed by atoms with Crippen molar-refractivity contribution in [3.05, 3.63) is 48.1 Å². The Morgan fingerprint density at radius 1 is 1.28 bits per heavy atom. The second kappa shape index (κ2) is 9.05. The molecule has 0 amide bonds. The third kappa shape index (κ3) is 5.32. The van der Waals surface area contributed by atoms with Gasteiger partial charge in [-0.05, 0) is 43.0 Å². The Bertz CT molecular complexity index is 824. The van der Waals surface area contributed by atoms with Gasteiger partial charge in [0.1, 0.15) is 11.9 Å². The number of ketones is 1. The quantitative estimate of drug-likeness (QED) is 0.527. The molecule has 7 heteroatoms. The number of esters is 2. The minimum atomic E-state index is -0.918. The number of carbonyl (C=O) groups excluding carboxylic acids is 3. The van der Waals surface area contributed by atoms with Crippen molar-refractivity contribution in [1.29, 1.82) is 0 Å². The van der Waals surface area contributed by atoms with E-state index in [2.05, 4.69) is 0 Å². The van der Waals surface area contributed by atoms with E-state index in [0.717, 1.165) is 5.56 Å². The van der Waals surface area contributed by atoms with Crippen LogP contribution in [-0.4, -0.2) is 48.3 Å². The number of rotatable bonds is 8. The summed E-state index contributed by atoms with van der Waals surface area (Å²) < 4.78 is 15.4. The molecule has 1 N–H and O–H groups in total. The zero-order chi connectivity index (χ0) is 21.0. The maximum absolute atomic E-state index is 12.5. The van der Waals surface area contributed by atoms with Crippen LogP contribution in [0.4, 0.5) is 0 Å². The summed E-state index contributed by atoms with van der Waals surface area (Å²) in [5.41, 5.74) is 0.795. The normalized spacial score (nSPS) is 25.2. The molecule has 1 fully saturated rings. The monoisotopic (exact) mass is 400 g/mol. The van der Waals surface area contributed by atoms with Crippen molar-refractivity contribution < 1.29 is 33.7 Å². The lowest BCUT2D eigenvalue weighted by Gasteiger charge is -2.24. The van der Waals surface area contributed by atoms with Gasteiger partial charge in [0.15, 0.2) is 11.9 Å². The lowest BCUT2D eigenvalue weighted by atomic mass is 10.0. The van der Waals surface area contributed by atoms with Crippen molar-refractivity contribution in [1.82, 2.24) is 0 Å². The smallest absolute Gasteiger partial charge is 0.331 e. The summed E-state index contributed by atoms with van der Waals surface area (Å²) in [4.78, 5) is 35.8. The minimum absolute atomic E-state index is 0.238. The summed E-state index contributed by atoms with van der Waals surface area (Å²) in [7, 11) is 1.57. The number of ether oxygens (including phenoxy) is 3. The van der Waals surface area contributed by atoms with Gasteiger partial charge in [-0.25, -0.2) is 9.59 Å². The fraction of sp³-hybridized carbons (Fsp3) is 0.409. The molecule has 0 radical (unpaired) electrons. The zero-order valence-electron chi connectivity index (χ0n) is 16.3. The number of carbonyl (C=O) groups is 3. The van der Waals surface area contributed by atoms with Crippen LogP contribution >= 0.6 is 0 Å². The molecule has 1 heterocycles.